The van der Waals surface area contributed by atoms with Crippen molar-refractivity contribution < 1.29 is 18.0 Å². The molecular weight excluding hydrogens is 393 g/mol. The maximum Gasteiger partial charge on any atom is 0.416 e. The van der Waals surface area contributed by atoms with Gasteiger partial charge in [0.05, 0.1) is 12.1 Å². The number of hydrogen-bond donors (Lipinski definition) is 2. The van der Waals surface area contributed by atoms with Gasteiger partial charge in [0.15, 0.2) is 5.78 Å². The number of H-pyrrole nitrogens is 1. The zero-order chi connectivity index (χ0) is 21.3. The van der Waals surface area contributed by atoms with E-state index in [1.165, 1.54) is 12.1 Å². The van der Waals surface area contributed by atoms with Gasteiger partial charge in [-0.2, -0.15) is 13.2 Å². The van der Waals surface area contributed by atoms with E-state index >= 15 is 0 Å². The molecule has 0 saturated heterocycles. The second kappa shape index (κ2) is 7.78. The number of aromatic amines is 1. The Morgan fingerprint density at radius 2 is 2.00 bits per heavy atom. The number of amidine groups is 1. The number of ketones is 1. The topological polar surface area (TPSA) is 70.1 Å². The molecule has 8 heteroatoms. The first-order valence-corrected chi connectivity index (χ1v) is 9.46. The highest BCUT2D eigenvalue weighted by molar-refractivity contribution is 6.16. The Morgan fingerprint density at radius 3 is 2.70 bits per heavy atom. The second-order valence-corrected chi connectivity index (χ2v) is 7.24. The molecule has 0 saturated carbocycles. The molecule has 3 aromatic rings. The smallest absolute Gasteiger partial charge is 0.350 e. The van der Waals surface area contributed by atoms with Gasteiger partial charge < -0.3 is 10.3 Å². The van der Waals surface area contributed by atoms with Crippen molar-refractivity contribution >= 4 is 22.7 Å². The van der Waals surface area contributed by atoms with Gasteiger partial charge in [0.25, 0.3) is 0 Å². The minimum atomic E-state index is -4.35. The van der Waals surface area contributed by atoms with Crippen molar-refractivity contribution in [2.45, 2.75) is 26.1 Å². The summed E-state index contributed by atoms with van der Waals surface area (Å²) in [7, 11) is 0. The van der Waals surface area contributed by atoms with Gasteiger partial charge in [-0.25, -0.2) is 4.98 Å². The largest absolute Gasteiger partial charge is 0.416 e. The number of aliphatic imine (C=N–C) groups is 1. The summed E-state index contributed by atoms with van der Waals surface area (Å²) in [6.07, 6.45) is 1.19. The molecule has 30 heavy (non-hydrogen) atoms. The van der Waals surface area contributed by atoms with Gasteiger partial charge in [-0.05, 0) is 35.7 Å². The summed E-state index contributed by atoms with van der Waals surface area (Å²) >= 11 is 0. The third-order valence-electron chi connectivity index (χ3n) is 5.12. The Morgan fingerprint density at radius 1 is 1.23 bits per heavy atom. The summed E-state index contributed by atoms with van der Waals surface area (Å²) in [5.74, 6) is 0.572. The number of halogens is 3. The molecule has 4 rings (SSSR count). The third-order valence-corrected chi connectivity index (χ3v) is 5.12. The molecule has 154 valence electrons. The molecule has 0 aliphatic carbocycles. The summed E-state index contributed by atoms with van der Waals surface area (Å²) in [4.78, 5) is 24.7. The maximum absolute atomic E-state index is 13.0. The van der Waals surface area contributed by atoms with Crippen molar-refractivity contribution in [3.05, 3.63) is 77.3 Å². The van der Waals surface area contributed by atoms with Crippen LogP contribution >= 0.6 is 0 Å². The molecule has 2 aromatic heterocycles. The molecule has 1 unspecified atom stereocenters. The van der Waals surface area contributed by atoms with Crippen LogP contribution in [0.15, 0.2) is 65.6 Å². The first kappa shape index (κ1) is 19.9. The summed E-state index contributed by atoms with van der Waals surface area (Å²) in [6.45, 7) is 2.21. The minimum absolute atomic E-state index is 0.0493. The van der Waals surface area contributed by atoms with Crippen LogP contribution in [0.3, 0.4) is 0 Å². The molecular formula is C22H19F3N4O. The number of fused-ring (bicyclic) bond motifs is 1. The number of nitrogens with zero attached hydrogens (tertiary/aromatic N) is 2. The molecule has 1 aliphatic heterocycles. The van der Waals surface area contributed by atoms with Crippen LogP contribution in [0.4, 0.5) is 13.2 Å². The van der Waals surface area contributed by atoms with Crippen LogP contribution < -0.4 is 5.32 Å². The van der Waals surface area contributed by atoms with Gasteiger partial charge in [-0.1, -0.05) is 19.1 Å². The van der Waals surface area contributed by atoms with E-state index < -0.39 is 11.7 Å². The fourth-order valence-electron chi connectivity index (χ4n) is 3.45. The van der Waals surface area contributed by atoms with Crippen LogP contribution in [0.2, 0.25) is 0 Å². The number of nitrogens with one attached hydrogen (secondary N) is 2. The number of carbonyl (C=O) groups excluding carboxylic acids is 1. The predicted molar refractivity (Wildman–Crippen MR) is 108 cm³/mol. The lowest BCUT2D eigenvalue weighted by Crippen LogP contribution is -2.30. The quantitative estimate of drug-likeness (QED) is 0.601. The minimum Gasteiger partial charge on any atom is -0.350 e. The number of hydrogen-bond acceptors (Lipinski definition) is 3. The first-order valence-electron chi connectivity index (χ1n) is 9.46. The molecule has 1 atom stereocenters. The summed E-state index contributed by atoms with van der Waals surface area (Å²) in [5.41, 5.74) is 1.89. The van der Waals surface area contributed by atoms with Crippen molar-refractivity contribution in [2.75, 3.05) is 0 Å². The predicted octanol–water partition coefficient (Wildman–Crippen LogP) is 4.88. The Hall–Kier alpha value is -3.42. The van der Waals surface area contributed by atoms with Gasteiger partial charge >= 0.3 is 6.18 Å². The van der Waals surface area contributed by atoms with E-state index in [9.17, 15) is 18.0 Å². The fourth-order valence-corrected chi connectivity index (χ4v) is 3.45. The van der Waals surface area contributed by atoms with Gasteiger partial charge in [-0.15, -0.1) is 0 Å². The lowest BCUT2D eigenvalue weighted by molar-refractivity contribution is -0.137. The summed E-state index contributed by atoms with van der Waals surface area (Å²) < 4.78 is 38.0. The lowest BCUT2D eigenvalue weighted by Gasteiger charge is -2.22. The van der Waals surface area contributed by atoms with Crippen LogP contribution in [0.25, 0.3) is 11.0 Å². The first-order chi connectivity index (χ1) is 14.3. The number of alkyl halides is 3. The molecule has 1 aliphatic rings. The van der Waals surface area contributed by atoms with Crippen molar-refractivity contribution in [1.82, 2.24) is 15.3 Å². The second-order valence-electron chi connectivity index (χ2n) is 7.24. The molecule has 2 N–H and O–H groups in total. The number of allylic oxidation sites excluding steroid dienone is 1. The van der Waals surface area contributed by atoms with E-state index in [0.29, 0.717) is 34.6 Å². The van der Waals surface area contributed by atoms with E-state index in [1.807, 2.05) is 13.0 Å². The van der Waals surface area contributed by atoms with Crippen LogP contribution in [-0.4, -0.2) is 21.6 Å². The number of benzene rings is 1. The Balaban J connectivity index is 1.47. The Kier molecular flexibility index (Phi) is 5.15. The fraction of sp³-hybridized carbons (Fsp3) is 0.227. The lowest BCUT2D eigenvalue weighted by atomic mass is 9.89. The molecule has 0 fully saturated rings. The monoisotopic (exact) mass is 412 g/mol. The van der Waals surface area contributed by atoms with E-state index in [1.54, 1.807) is 24.7 Å². The highest BCUT2D eigenvalue weighted by Gasteiger charge is 2.30. The molecule has 5 nitrogen and oxygen atoms in total. The van der Waals surface area contributed by atoms with Crippen molar-refractivity contribution in [1.29, 1.82) is 0 Å². The highest BCUT2D eigenvalue weighted by Crippen LogP contribution is 2.29. The van der Waals surface area contributed by atoms with Crippen molar-refractivity contribution in [3.8, 4) is 0 Å². The molecule has 1 aromatic carbocycles. The molecule has 0 radical (unpaired) electrons. The SMILES string of the molecule is CC1CC(=NCc2ccc(C(F)(F)F)cc2)NC=C1C(=O)c1c[nH]c2ncccc12. The number of Topliss-reactive ketones (excluding diaryl/α,β-unsaturated/α-hetero) is 1. The zero-order valence-corrected chi connectivity index (χ0v) is 16.1. The van der Waals surface area contributed by atoms with E-state index in [4.69, 9.17) is 0 Å². The number of rotatable bonds is 4. The Bertz CT molecular complexity index is 1140. The maximum atomic E-state index is 13.0. The van der Waals surface area contributed by atoms with Gasteiger partial charge in [0.1, 0.15) is 11.5 Å². The average Bonchev–Trinajstić information content (AvgIpc) is 3.16. The molecule has 0 bridgehead atoms. The zero-order valence-electron chi connectivity index (χ0n) is 16.1. The van der Waals surface area contributed by atoms with Gasteiger partial charge in [0, 0.05) is 41.5 Å². The van der Waals surface area contributed by atoms with Gasteiger partial charge in [0.2, 0.25) is 0 Å². The standard InChI is InChI=1S/C22H19F3N4O/c1-13-9-19(27-10-14-4-6-15(7-5-14)22(23,24)25)28-11-17(13)20(30)18-12-29-21-16(18)3-2-8-26-21/h2-8,11-13H,9-10H2,1H3,(H,26,29)(H,27,28). The Labute approximate surface area is 170 Å². The number of aromatic nitrogens is 2. The third kappa shape index (κ3) is 3.98. The van der Waals surface area contributed by atoms with E-state index in [-0.39, 0.29) is 18.2 Å². The average molecular weight is 412 g/mol. The van der Waals surface area contributed by atoms with Crippen LogP contribution in [0.1, 0.15) is 34.8 Å². The van der Waals surface area contributed by atoms with E-state index in [2.05, 4.69) is 20.3 Å². The van der Waals surface area contributed by atoms with Crippen LogP contribution in [0.5, 0.6) is 0 Å². The molecule has 3 heterocycles. The molecule has 0 amide bonds. The van der Waals surface area contributed by atoms with Gasteiger partial charge in [-0.3, -0.25) is 9.79 Å². The van der Waals surface area contributed by atoms with Crippen molar-refractivity contribution in [3.63, 3.8) is 0 Å². The van der Waals surface area contributed by atoms with E-state index in [0.717, 1.165) is 17.5 Å². The summed E-state index contributed by atoms with van der Waals surface area (Å²) in [5, 5.41) is 3.83. The summed E-state index contributed by atoms with van der Waals surface area (Å²) in [6, 6.07) is 8.60. The highest BCUT2D eigenvalue weighted by atomic mass is 19.4. The normalized spacial score (nSPS) is 18.3. The van der Waals surface area contributed by atoms with Crippen molar-refractivity contribution in [2.24, 2.45) is 10.9 Å². The molecule has 0 spiro atoms. The number of pyridine rings is 1. The number of carbonyl (C=O) groups is 1. The van der Waals surface area contributed by atoms with Crippen LogP contribution in [0, 0.1) is 5.92 Å². The van der Waals surface area contributed by atoms with Crippen LogP contribution in [-0.2, 0) is 12.7 Å².